The number of halogens is 1. The van der Waals surface area contributed by atoms with E-state index in [9.17, 15) is 9.90 Å². The van der Waals surface area contributed by atoms with Crippen LogP contribution in [0.1, 0.15) is 24.1 Å². The summed E-state index contributed by atoms with van der Waals surface area (Å²) in [5, 5.41) is 10.4. The van der Waals surface area contributed by atoms with Crippen LogP contribution in [-0.2, 0) is 19.6 Å². The number of rotatable bonds is 4. The van der Waals surface area contributed by atoms with Gasteiger partial charge in [0.2, 0.25) is 11.8 Å². The quantitative estimate of drug-likeness (QED) is 0.708. The highest BCUT2D eigenvalue weighted by Crippen LogP contribution is 2.25. The lowest BCUT2D eigenvalue weighted by Gasteiger charge is -2.11. The van der Waals surface area contributed by atoms with E-state index in [1.807, 2.05) is 24.3 Å². The Morgan fingerprint density at radius 1 is 1.15 bits per heavy atom. The van der Waals surface area contributed by atoms with Gasteiger partial charge >= 0.3 is 5.69 Å². The summed E-state index contributed by atoms with van der Waals surface area (Å²) in [4.78, 5) is 16.8. The number of aromatic nitrogens is 3. The van der Waals surface area contributed by atoms with Crippen molar-refractivity contribution in [2.45, 2.75) is 32.4 Å². The van der Waals surface area contributed by atoms with Crippen molar-refractivity contribution in [1.82, 2.24) is 14.1 Å². The fraction of sp³-hybridized carbons (Fsp3) is 0.263. The number of nitrogens with zero attached hydrogens (tertiary/aromatic N) is 3. The number of hydrogen-bond acceptors (Lipinski definition) is 4. The first-order valence-corrected chi connectivity index (χ1v) is 9.30. The molecule has 3 heterocycles. The lowest BCUT2D eigenvalue weighted by atomic mass is 10.1. The van der Waals surface area contributed by atoms with Gasteiger partial charge < -0.3 is 9.84 Å². The van der Waals surface area contributed by atoms with E-state index >= 15 is 0 Å². The number of aromatic hydroxyl groups is 1. The van der Waals surface area contributed by atoms with Crippen LogP contribution in [0.4, 0.5) is 0 Å². The Morgan fingerprint density at radius 2 is 1.96 bits per heavy atom. The first-order chi connectivity index (χ1) is 12.6. The molecule has 1 aliphatic rings. The predicted molar refractivity (Wildman–Crippen MR) is 101 cm³/mol. The molecule has 0 saturated heterocycles. The third-order valence-electron chi connectivity index (χ3n) is 4.54. The monoisotopic (exact) mass is 415 g/mol. The highest BCUT2D eigenvalue weighted by atomic mass is 79.9. The van der Waals surface area contributed by atoms with Gasteiger partial charge in [-0.15, -0.1) is 0 Å². The van der Waals surface area contributed by atoms with Crippen LogP contribution in [0.15, 0.2) is 51.9 Å². The fourth-order valence-corrected chi connectivity index (χ4v) is 3.44. The van der Waals surface area contributed by atoms with Gasteiger partial charge in [-0.1, -0.05) is 28.1 Å². The van der Waals surface area contributed by atoms with Gasteiger partial charge in [0, 0.05) is 17.1 Å². The molecular weight excluding hydrogens is 398 g/mol. The minimum absolute atomic E-state index is 0.0139. The summed E-state index contributed by atoms with van der Waals surface area (Å²) in [6, 6.07) is 11.3. The minimum Gasteiger partial charge on any atom is -0.493 e. The largest absolute Gasteiger partial charge is 0.493 e. The van der Waals surface area contributed by atoms with Crippen LogP contribution in [0.5, 0.6) is 11.8 Å². The summed E-state index contributed by atoms with van der Waals surface area (Å²) in [5.74, 6) is 0.480. The molecule has 0 radical (unpaired) electrons. The topological polar surface area (TPSA) is 69.3 Å². The first kappa shape index (κ1) is 16.9. The van der Waals surface area contributed by atoms with E-state index in [-0.39, 0.29) is 11.6 Å². The molecule has 1 N–H and O–H groups in total. The van der Waals surface area contributed by atoms with E-state index in [1.165, 1.54) is 4.57 Å². The molecule has 4 rings (SSSR count). The molecule has 0 amide bonds. The molecule has 1 aliphatic heterocycles. The summed E-state index contributed by atoms with van der Waals surface area (Å²) >= 11 is 3.40. The number of imidazole rings is 1. The lowest BCUT2D eigenvalue weighted by Crippen LogP contribution is -2.26. The highest BCUT2D eigenvalue weighted by Gasteiger charge is 2.22. The Balaban J connectivity index is 1.54. The van der Waals surface area contributed by atoms with Crippen molar-refractivity contribution in [3.63, 3.8) is 0 Å². The zero-order chi connectivity index (χ0) is 18.1. The number of fused-ring (bicyclic) bond motifs is 1. The van der Waals surface area contributed by atoms with Crippen molar-refractivity contribution < 1.29 is 9.84 Å². The van der Waals surface area contributed by atoms with Gasteiger partial charge in [0.05, 0.1) is 17.6 Å². The summed E-state index contributed by atoms with van der Waals surface area (Å²) in [6.07, 6.45) is 4.20. The average molecular weight is 416 g/mol. The Hall–Kier alpha value is -2.54. The van der Waals surface area contributed by atoms with Gasteiger partial charge in [-0.05, 0) is 43.0 Å². The van der Waals surface area contributed by atoms with Gasteiger partial charge in [-0.2, -0.15) is 0 Å². The molecule has 6 nitrogen and oxygen atoms in total. The van der Waals surface area contributed by atoms with E-state index in [0.717, 1.165) is 29.3 Å². The fourth-order valence-electron chi connectivity index (χ4n) is 3.18. The minimum atomic E-state index is -0.220. The van der Waals surface area contributed by atoms with Crippen LogP contribution in [0.3, 0.4) is 0 Å². The smallest absolute Gasteiger partial charge is 0.335 e. The summed E-state index contributed by atoms with van der Waals surface area (Å²) < 4.78 is 9.66. The molecule has 3 aromatic rings. The second kappa shape index (κ2) is 6.99. The van der Waals surface area contributed by atoms with Gasteiger partial charge in [-0.3, -0.25) is 4.57 Å². The number of benzene rings is 1. The third-order valence-corrected chi connectivity index (χ3v) is 5.07. The van der Waals surface area contributed by atoms with E-state index in [2.05, 4.69) is 20.9 Å². The van der Waals surface area contributed by atoms with Crippen LogP contribution in [0.2, 0.25) is 0 Å². The van der Waals surface area contributed by atoms with Crippen LogP contribution in [-0.4, -0.2) is 19.2 Å². The molecule has 0 bridgehead atoms. The van der Waals surface area contributed by atoms with Gasteiger partial charge in [0.15, 0.2) is 0 Å². The van der Waals surface area contributed by atoms with Crippen molar-refractivity contribution in [3.05, 3.63) is 68.8 Å². The van der Waals surface area contributed by atoms with E-state index in [4.69, 9.17) is 4.74 Å². The van der Waals surface area contributed by atoms with Gasteiger partial charge in [-0.25, -0.2) is 14.3 Å². The van der Waals surface area contributed by atoms with Gasteiger partial charge in [0.25, 0.3) is 0 Å². The van der Waals surface area contributed by atoms with E-state index in [1.54, 1.807) is 22.9 Å². The Kier molecular flexibility index (Phi) is 4.55. The summed E-state index contributed by atoms with van der Waals surface area (Å²) in [5.41, 5.74) is 2.05. The van der Waals surface area contributed by atoms with Crippen LogP contribution in [0.25, 0.3) is 5.69 Å². The maximum atomic E-state index is 12.6. The normalized spacial score (nSPS) is 13.4. The number of pyridine rings is 1. The van der Waals surface area contributed by atoms with Crippen molar-refractivity contribution in [2.24, 2.45) is 0 Å². The molecule has 134 valence electrons. The SMILES string of the molecule is O=c1n2c(c(O)n1-c1ccc(OCc3ccc(Br)cc3)nc1)CCCC2. The second-order valence-electron chi connectivity index (χ2n) is 6.27. The average Bonchev–Trinajstić information content (AvgIpc) is 2.93. The van der Waals surface area contributed by atoms with E-state index in [0.29, 0.717) is 30.4 Å². The molecule has 0 atom stereocenters. The Morgan fingerprint density at radius 3 is 2.65 bits per heavy atom. The molecule has 0 aliphatic carbocycles. The van der Waals surface area contributed by atoms with Crippen LogP contribution >= 0.6 is 15.9 Å². The maximum absolute atomic E-state index is 12.6. The number of ether oxygens (including phenoxy) is 1. The van der Waals surface area contributed by atoms with Crippen molar-refractivity contribution in [2.75, 3.05) is 0 Å². The number of hydrogen-bond donors (Lipinski definition) is 1. The Labute approximate surface area is 158 Å². The second-order valence-corrected chi connectivity index (χ2v) is 7.18. The Bertz CT molecular complexity index is 975. The van der Waals surface area contributed by atoms with Crippen molar-refractivity contribution in [1.29, 1.82) is 0 Å². The highest BCUT2D eigenvalue weighted by molar-refractivity contribution is 9.10. The molecule has 0 fully saturated rings. The standard InChI is InChI=1S/C19H18BrN3O3/c20-14-6-4-13(5-7-14)12-26-17-9-8-15(11-21-17)23-18(24)16-3-1-2-10-22(16)19(23)25/h4-9,11,24H,1-3,10,12H2. The molecule has 2 aromatic heterocycles. The van der Waals surface area contributed by atoms with Crippen LogP contribution < -0.4 is 10.4 Å². The molecule has 1 aromatic carbocycles. The molecule has 0 saturated carbocycles. The zero-order valence-electron chi connectivity index (χ0n) is 14.1. The van der Waals surface area contributed by atoms with E-state index < -0.39 is 0 Å². The lowest BCUT2D eigenvalue weighted by molar-refractivity contribution is 0.294. The van der Waals surface area contributed by atoms with Crippen molar-refractivity contribution >= 4 is 15.9 Å². The molecular formula is C19H18BrN3O3. The molecule has 0 spiro atoms. The first-order valence-electron chi connectivity index (χ1n) is 8.50. The maximum Gasteiger partial charge on any atom is 0.335 e. The zero-order valence-corrected chi connectivity index (χ0v) is 15.6. The van der Waals surface area contributed by atoms with Gasteiger partial charge in [0.1, 0.15) is 6.61 Å². The van der Waals surface area contributed by atoms with Crippen LogP contribution in [0, 0.1) is 0 Å². The molecule has 0 unspecified atom stereocenters. The summed E-state index contributed by atoms with van der Waals surface area (Å²) in [6.45, 7) is 1.06. The summed E-state index contributed by atoms with van der Waals surface area (Å²) in [7, 11) is 0. The molecule has 26 heavy (non-hydrogen) atoms. The third kappa shape index (κ3) is 3.14. The van der Waals surface area contributed by atoms with Crippen molar-refractivity contribution in [3.8, 4) is 17.4 Å². The molecule has 7 heteroatoms. The predicted octanol–water partition coefficient (Wildman–Crippen LogP) is 3.42.